The molecule has 0 saturated carbocycles. The smallest absolute Gasteiger partial charge is 0.170 e. The van der Waals surface area contributed by atoms with Crippen LogP contribution < -0.4 is 10.6 Å². The van der Waals surface area contributed by atoms with Crippen LogP contribution in [0.2, 0.25) is 0 Å². The van der Waals surface area contributed by atoms with Crippen molar-refractivity contribution in [2.45, 2.75) is 32.7 Å². The number of hydrogen-bond donors (Lipinski definition) is 2. The summed E-state index contributed by atoms with van der Waals surface area (Å²) in [5.41, 5.74) is 4.43. The number of thiocarbonyl (C=S) groups is 1. The summed E-state index contributed by atoms with van der Waals surface area (Å²) in [6.07, 6.45) is 2.07. The molecule has 2 aromatic carbocycles. The number of thiazole rings is 1. The van der Waals surface area contributed by atoms with Crippen molar-refractivity contribution in [2.75, 3.05) is 5.32 Å². The zero-order valence-corrected chi connectivity index (χ0v) is 16.7. The summed E-state index contributed by atoms with van der Waals surface area (Å²) in [5, 5.41) is 10.5. The second kappa shape index (κ2) is 8.92. The lowest BCUT2D eigenvalue weighted by Crippen LogP contribution is -2.36. The Labute approximate surface area is 164 Å². The van der Waals surface area contributed by atoms with Gasteiger partial charge in [-0.1, -0.05) is 42.5 Å². The Balaban J connectivity index is 1.53. The highest BCUT2D eigenvalue weighted by atomic mass is 32.1. The number of aryl methyl sites for hydroxylation is 2. The Hall–Kier alpha value is -2.24. The van der Waals surface area contributed by atoms with E-state index in [0.717, 1.165) is 34.8 Å². The van der Waals surface area contributed by atoms with E-state index in [4.69, 9.17) is 12.2 Å². The van der Waals surface area contributed by atoms with Crippen molar-refractivity contribution >= 4 is 34.4 Å². The molecule has 3 rings (SSSR count). The summed E-state index contributed by atoms with van der Waals surface area (Å²) in [7, 11) is 0. The van der Waals surface area contributed by atoms with Crippen LogP contribution in [0.25, 0.3) is 11.3 Å². The van der Waals surface area contributed by atoms with Crippen LogP contribution in [-0.4, -0.2) is 16.1 Å². The van der Waals surface area contributed by atoms with Crippen molar-refractivity contribution in [3.8, 4) is 11.3 Å². The summed E-state index contributed by atoms with van der Waals surface area (Å²) in [6.45, 7) is 4.18. The standard InChI is InChI=1S/C21H23N3S2/c1-15(11-12-17-7-4-3-5-8-17)22-21(25)24-19-10-6-9-18(13-19)20-14-26-16(2)23-20/h3-10,13-15H,11-12H2,1-2H3,(H2,22,24,25). The summed E-state index contributed by atoms with van der Waals surface area (Å²) >= 11 is 7.13. The highest BCUT2D eigenvalue weighted by molar-refractivity contribution is 7.80. The summed E-state index contributed by atoms with van der Waals surface area (Å²) < 4.78 is 0. The van der Waals surface area contributed by atoms with Gasteiger partial charge in [0.05, 0.1) is 10.7 Å². The Bertz CT molecular complexity index is 858. The number of nitrogens with zero attached hydrogens (tertiary/aromatic N) is 1. The Morgan fingerprint density at radius 1 is 1.15 bits per heavy atom. The molecule has 0 amide bonds. The van der Waals surface area contributed by atoms with Crippen molar-refractivity contribution in [1.29, 1.82) is 0 Å². The predicted octanol–water partition coefficient (Wildman–Crippen LogP) is 5.43. The average Bonchev–Trinajstić information content (AvgIpc) is 3.07. The van der Waals surface area contributed by atoms with Crippen LogP contribution in [0.3, 0.4) is 0 Å². The molecule has 1 aromatic heterocycles. The normalized spacial score (nSPS) is 11.8. The van der Waals surface area contributed by atoms with E-state index in [-0.39, 0.29) is 0 Å². The van der Waals surface area contributed by atoms with Crippen LogP contribution in [-0.2, 0) is 6.42 Å². The van der Waals surface area contributed by atoms with Gasteiger partial charge in [0, 0.05) is 22.7 Å². The fraction of sp³-hybridized carbons (Fsp3) is 0.238. The van der Waals surface area contributed by atoms with E-state index in [1.807, 2.05) is 25.1 Å². The molecular weight excluding hydrogens is 358 g/mol. The van der Waals surface area contributed by atoms with Gasteiger partial charge in [0.1, 0.15) is 0 Å². The molecule has 0 aliphatic heterocycles. The minimum absolute atomic E-state index is 0.305. The Kier molecular flexibility index (Phi) is 6.36. The molecule has 1 unspecified atom stereocenters. The maximum absolute atomic E-state index is 5.47. The molecule has 0 aliphatic carbocycles. The SMILES string of the molecule is Cc1nc(-c2cccc(NC(=S)NC(C)CCc3ccccc3)c2)cs1. The molecule has 0 radical (unpaired) electrons. The maximum Gasteiger partial charge on any atom is 0.170 e. The molecule has 0 fully saturated rings. The summed E-state index contributed by atoms with van der Waals surface area (Å²) in [4.78, 5) is 4.54. The molecule has 0 bridgehead atoms. The minimum atomic E-state index is 0.305. The maximum atomic E-state index is 5.47. The van der Waals surface area contributed by atoms with E-state index in [0.29, 0.717) is 11.2 Å². The molecular formula is C21H23N3S2. The monoisotopic (exact) mass is 381 g/mol. The predicted molar refractivity (Wildman–Crippen MR) is 116 cm³/mol. The second-order valence-electron chi connectivity index (χ2n) is 6.36. The van der Waals surface area contributed by atoms with Gasteiger partial charge in [0.2, 0.25) is 0 Å². The topological polar surface area (TPSA) is 37.0 Å². The van der Waals surface area contributed by atoms with Crippen LogP contribution in [0.15, 0.2) is 60.0 Å². The first kappa shape index (κ1) is 18.5. The lowest BCUT2D eigenvalue weighted by atomic mass is 10.1. The summed E-state index contributed by atoms with van der Waals surface area (Å²) in [5.74, 6) is 0. The zero-order valence-electron chi connectivity index (χ0n) is 15.0. The van der Waals surface area contributed by atoms with Crippen LogP contribution in [0.1, 0.15) is 23.9 Å². The Morgan fingerprint density at radius 2 is 1.96 bits per heavy atom. The molecule has 1 atom stereocenters. The first-order valence-corrected chi connectivity index (χ1v) is 10.0. The molecule has 0 aliphatic rings. The van der Waals surface area contributed by atoms with Crippen LogP contribution in [0.5, 0.6) is 0 Å². The van der Waals surface area contributed by atoms with Crippen molar-refractivity contribution in [2.24, 2.45) is 0 Å². The number of hydrogen-bond acceptors (Lipinski definition) is 3. The van der Waals surface area contributed by atoms with E-state index in [9.17, 15) is 0 Å². The lowest BCUT2D eigenvalue weighted by molar-refractivity contribution is 0.609. The number of anilines is 1. The third-order valence-corrected chi connectivity index (χ3v) is 5.11. The second-order valence-corrected chi connectivity index (χ2v) is 7.83. The molecule has 3 aromatic rings. The van der Waals surface area contributed by atoms with E-state index in [2.05, 4.69) is 64.3 Å². The van der Waals surface area contributed by atoms with Crippen molar-refractivity contribution in [1.82, 2.24) is 10.3 Å². The van der Waals surface area contributed by atoms with Gasteiger partial charge < -0.3 is 10.6 Å². The minimum Gasteiger partial charge on any atom is -0.360 e. The van der Waals surface area contributed by atoms with Crippen molar-refractivity contribution < 1.29 is 0 Å². The van der Waals surface area contributed by atoms with E-state index in [1.54, 1.807) is 11.3 Å². The third kappa shape index (κ3) is 5.38. The molecule has 2 N–H and O–H groups in total. The van der Waals surface area contributed by atoms with Gasteiger partial charge in [0.25, 0.3) is 0 Å². The van der Waals surface area contributed by atoms with Gasteiger partial charge in [0.15, 0.2) is 5.11 Å². The van der Waals surface area contributed by atoms with Gasteiger partial charge in [-0.05, 0) is 56.6 Å². The number of nitrogens with one attached hydrogen (secondary N) is 2. The highest BCUT2D eigenvalue weighted by Crippen LogP contribution is 2.24. The van der Waals surface area contributed by atoms with Gasteiger partial charge in [-0.2, -0.15) is 0 Å². The van der Waals surface area contributed by atoms with E-state index >= 15 is 0 Å². The molecule has 26 heavy (non-hydrogen) atoms. The van der Waals surface area contributed by atoms with E-state index in [1.165, 1.54) is 5.56 Å². The van der Waals surface area contributed by atoms with Gasteiger partial charge in [-0.3, -0.25) is 0 Å². The molecule has 0 spiro atoms. The fourth-order valence-corrected chi connectivity index (χ4v) is 3.68. The highest BCUT2D eigenvalue weighted by Gasteiger charge is 2.07. The number of benzene rings is 2. The van der Waals surface area contributed by atoms with E-state index < -0.39 is 0 Å². The first-order chi connectivity index (χ1) is 12.6. The largest absolute Gasteiger partial charge is 0.360 e. The van der Waals surface area contributed by atoms with Gasteiger partial charge >= 0.3 is 0 Å². The van der Waals surface area contributed by atoms with Crippen molar-refractivity contribution in [3.63, 3.8) is 0 Å². The summed E-state index contributed by atoms with van der Waals surface area (Å²) in [6, 6.07) is 19.0. The Morgan fingerprint density at radius 3 is 2.69 bits per heavy atom. The van der Waals surface area contributed by atoms with Crippen molar-refractivity contribution in [3.05, 3.63) is 70.5 Å². The number of rotatable bonds is 6. The molecule has 134 valence electrons. The van der Waals surface area contributed by atoms with Gasteiger partial charge in [-0.15, -0.1) is 11.3 Å². The van der Waals surface area contributed by atoms with Crippen LogP contribution in [0, 0.1) is 6.92 Å². The van der Waals surface area contributed by atoms with Crippen LogP contribution >= 0.6 is 23.6 Å². The number of aromatic nitrogens is 1. The fourth-order valence-electron chi connectivity index (χ4n) is 2.74. The molecule has 3 nitrogen and oxygen atoms in total. The third-order valence-electron chi connectivity index (χ3n) is 4.12. The molecule has 1 heterocycles. The quantitative estimate of drug-likeness (QED) is 0.559. The van der Waals surface area contributed by atoms with Gasteiger partial charge in [-0.25, -0.2) is 4.98 Å². The lowest BCUT2D eigenvalue weighted by Gasteiger charge is -2.17. The average molecular weight is 382 g/mol. The molecule has 5 heteroatoms. The van der Waals surface area contributed by atoms with Crippen LogP contribution in [0.4, 0.5) is 5.69 Å². The first-order valence-electron chi connectivity index (χ1n) is 8.74. The molecule has 0 saturated heterocycles. The zero-order chi connectivity index (χ0) is 18.4.